The van der Waals surface area contributed by atoms with Gasteiger partial charge in [-0.05, 0) is 31.6 Å². The molecule has 1 fully saturated rings. The number of nitrogens with one attached hydrogen (secondary N) is 2. The second-order valence-electron chi connectivity index (χ2n) is 6.15. The fourth-order valence-electron chi connectivity index (χ4n) is 2.71. The van der Waals surface area contributed by atoms with Crippen LogP contribution in [0, 0.1) is 10.8 Å². The van der Waals surface area contributed by atoms with Gasteiger partial charge in [0.25, 0.3) is 0 Å². The molecule has 1 aromatic rings. The lowest BCUT2D eigenvalue weighted by atomic mass is 10.1. The van der Waals surface area contributed by atoms with Gasteiger partial charge in [-0.25, -0.2) is 9.98 Å². The summed E-state index contributed by atoms with van der Waals surface area (Å²) < 4.78 is 11.1. The van der Waals surface area contributed by atoms with E-state index in [-0.39, 0.29) is 11.9 Å². The molecule has 1 saturated heterocycles. The molecule has 0 spiro atoms. The first kappa shape index (κ1) is 19.4. The summed E-state index contributed by atoms with van der Waals surface area (Å²) in [6.45, 7) is 4.89. The molecule has 8 heteroatoms. The zero-order chi connectivity index (χ0) is 19.1. The third kappa shape index (κ3) is 5.58. The highest BCUT2D eigenvalue weighted by molar-refractivity contribution is 6.06. The molecule has 0 aliphatic carbocycles. The van der Waals surface area contributed by atoms with Crippen molar-refractivity contribution < 1.29 is 9.47 Å². The van der Waals surface area contributed by atoms with Gasteiger partial charge in [-0.1, -0.05) is 0 Å². The fourth-order valence-corrected chi connectivity index (χ4v) is 2.71. The SMILES string of the molecule is COc1cc(OC2CCN(C(=N)/C(C)=C\C(=N)N=C(C)N)CC2)ccn1. The summed E-state index contributed by atoms with van der Waals surface area (Å²) in [6.07, 6.45) is 4.95. The number of hydrogen-bond donors (Lipinski definition) is 3. The van der Waals surface area contributed by atoms with Crippen molar-refractivity contribution in [2.24, 2.45) is 10.7 Å². The maximum absolute atomic E-state index is 8.32. The molecule has 140 valence electrons. The second kappa shape index (κ2) is 8.98. The van der Waals surface area contributed by atoms with Crippen LogP contribution in [0.5, 0.6) is 11.6 Å². The molecular formula is C18H26N6O2. The number of aliphatic imine (C=N–C) groups is 1. The van der Waals surface area contributed by atoms with Gasteiger partial charge in [0, 0.05) is 38.2 Å². The number of aromatic nitrogens is 1. The number of pyridine rings is 1. The van der Waals surface area contributed by atoms with Crippen molar-refractivity contribution in [2.45, 2.75) is 32.8 Å². The van der Waals surface area contributed by atoms with Crippen molar-refractivity contribution in [1.29, 1.82) is 10.8 Å². The largest absolute Gasteiger partial charge is 0.490 e. The minimum Gasteiger partial charge on any atom is -0.490 e. The fraction of sp³-hybridized carbons (Fsp3) is 0.444. The number of methoxy groups -OCH3 is 1. The summed E-state index contributed by atoms with van der Waals surface area (Å²) in [5, 5.41) is 16.1. The molecular weight excluding hydrogens is 332 g/mol. The van der Waals surface area contributed by atoms with Crippen LogP contribution >= 0.6 is 0 Å². The Morgan fingerprint density at radius 2 is 2.04 bits per heavy atom. The average molecular weight is 358 g/mol. The Morgan fingerprint density at radius 3 is 2.65 bits per heavy atom. The minimum atomic E-state index is 0.0529. The van der Waals surface area contributed by atoms with Crippen LogP contribution < -0.4 is 15.2 Å². The van der Waals surface area contributed by atoms with E-state index in [2.05, 4.69) is 9.98 Å². The van der Waals surface area contributed by atoms with E-state index in [9.17, 15) is 0 Å². The summed E-state index contributed by atoms with van der Waals surface area (Å²) in [7, 11) is 1.58. The standard InChI is InChI=1S/C18H26N6O2/c1-12(10-16(20)23-13(2)19)18(21)24-8-5-14(6-9-24)26-15-4-7-22-17(11-15)25-3/h4,7,10-11,14,21H,5-6,8-9H2,1-3H3,(H3,19,20,23)/b12-10-,21-18?. The third-order valence-electron chi connectivity index (χ3n) is 4.00. The Kier molecular flexibility index (Phi) is 6.71. The molecule has 26 heavy (non-hydrogen) atoms. The number of amidine groups is 3. The van der Waals surface area contributed by atoms with Crippen molar-refractivity contribution >= 4 is 17.5 Å². The van der Waals surface area contributed by atoms with Crippen LogP contribution in [0.15, 0.2) is 35.0 Å². The highest BCUT2D eigenvalue weighted by Gasteiger charge is 2.23. The highest BCUT2D eigenvalue weighted by atomic mass is 16.5. The quantitative estimate of drug-likeness (QED) is 0.550. The van der Waals surface area contributed by atoms with Gasteiger partial charge in [0.05, 0.1) is 12.9 Å². The Bertz CT molecular complexity index is 716. The molecule has 0 radical (unpaired) electrons. The molecule has 0 bridgehead atoms. The molecule has 0 aromatic carbocycles. The maximum Gasteiger partial charge on any atom is 0.216 e. The van der Waals surface area contributed by atoms with Gasteiger partial charge in [-0.3, -0.25) is 10.8 Å². The first-order valence-electron chi connectivity index (χ1n) is 8.47. The first-order chi connectivity index (χ1) is 12.4. The monoisotopic (exact) mass is 358 g/mol. The Labute approximate surface area is 153 Å². The number of rotatable bonds is 5. The molecule has 8 nitrogen and oxygen atoms in total. The minimum absolute atomic E-state index is 0.0529. The lowest BCUT2D eigenvalue weighted by molar-refractivity contribution is 0.130. The van der Waals surface area contributed by atoms with E-state index in [0.717, 1.165) is 31.7 Å². The van der Waals surface area contributed by atoms with Crippen molar-refractivity contribution in [3.05, 3.63) is 30.0 Å². The van der Waals surface area contributed by atoms with E-state index < -0.39 is 0 Å². The van der Waals surface area contributed by atoms with Crippen LogP contribution in [0.4, 0.5) is 0 Å². The van der Waals surface area contributed by atoms with Gasteiger partial charge in [0.1, 0.15) is 23.5 Å². The zero-order valence-corrected chi connectivity index (χ0v) is 15.5. The number of likely N-dealkylation sites (tertiary alicyclic amines) is 1. The molecule has 2 heterocycles. The Balaban J connectivity index is 1.89. The lowest BCUT2D eigenvalue weighted by Gasteiger charge is -2.34. The van der Waals surface area contributed by atoms with E-state index in [1.165, 1.54) is 0 Å². The van der Waals surface area contributed by atoms with E-state index in [1.807, 2.05) is 17.9 Å². The summed E-state index contributed by atoms with van der Waals surface area (Å²) in [5.74, 6) is 2.06. The molecule has 1 aromatic heterocycles. The Hall–Kier alpha value is -2.90. The van der Waals surface area contributed by atoms with Crippen molar-refractivity contribution in [3.8, 4) is 11.6 Å². The third-order valence-corrected chi connectivity index (χ3v) is 4.00. The van der Waals surface area contributed by atoms with Gasteiger partial charge >= 0.3 is 0 Å². The molecule has 0 atom stereocenters. The van der Waals surface area contributed by atoms with E-state index in [1.54, 1.807) is 32.4 Å². The maximum atomic E-state index is 8.32. The van der Waals surface area contributed by atoms with Gasteiger partial charge in [0.2, 0.25) is 5.88 Å². The number of piperidine rings is 1. The molecule has 4 N–H and O–H groups in total. The average Bonchev–Trinajstić information content (AvgIpc) is 2.61. The first-order valence-corrected chi connectivity index (χ1v) is 8.47. The molecule has 0 unspecified atom stereocenters. The highest BCUT2D eigenvalue weighted by Crippen LogP contribution is 2.22. The number of nitrogens with zero attached hydrogens (tertiary/aromatic N) is 3. The van der Waals surface area contributed by atoms with Gasteiger partial charge < -0.3 is 20.1 Å². The van der Waals surface area contributed by atoms with Crippen molar-refractivity contribution in [1.82, 2.24) is 9.88 Å². The van der Waals surface area contributed by atoms with Crippen LogP contribution in [0.1, 0.15) is 26.7 Å². The lowest BCUT2D eigenvalue weighted by Crippen LogP contribution is -2.41. The van der Waals surface area contributed by atoms with Crippen molar-refractivity contribution in [2.75, 3.05) is 20.2 Å². The smallest absolute Gasteiger partial charge is 0.216 e. The van der Waals surface area contributed by atoms with E-state index >= 15 is 0 Å². The summed E-state index contributed by atoms with van der Waals surface area (Å²) in [4.78, 5) is 9.93. The van der Waals surface area contributed by atoms with Crippen LogP contribution in [-0.4, -0.2) is 53.7 Å². The van der Waals surface area contributed by atoms with Crippen LogP contribution in [0.3, 0.4) is 0 Å². The van der Waals surface area contributed by atoms with Crippen LogP contribution in [-0.2, 0) is 0 Å². The molecule has 0 saturated carbocycles. The normalized spacial score (nSPS) is 16.3. The molecule has 1 aliphatic rings. The zero-order valence-electron chi connectivity index (χ0n) is 15.5. The Morgan fingerprint density at radius 1 is 1.35 bits per heavy atom. The summed E-state index contributed by atoms with van der Waals surface area (Å²) in [6, 6.07) is 3.59. The topological polar surface area (TPSA) is 121 Å². The van der Waals surface area contributed by atoms with Crippen LogP contribution in [0.25, 0.3) is 0 Å². The molecule has 1 aliphatic heterocycles. The summed E-state index contributed by atoms with van der Waals surface area (Å²) in [5.41, 5.74) is 6.17. The number of nitrogens with two attached hydrogens (primary N) is 1. The van der Waals surface area contributed by atoms with E-state index in [4.69, 9.17) is 26.0 Å². The molecule has 2 rings (SSSR count). The number of ether oxygens (including phenoxy) is 2. The second-order valence-corrected chi connectivity index (χ2v) is 6.15. The van der Waals surface area contributed by atoms with Gasteiger partial charge in [-0.15, -0.1) is 0 Å². The summed E-state index contributed by atoms with van der Waals surface area (Å²) >= 11 is 0. The van der Waals surface area contributed by atoms with Crippen molar-refractivity contribution in [3.63, 3.8) is 0 Å². The molecule has 0 amide bonds. The number of hydrogen-bond acceptors (Lipinski definition) is 5. The van der Waals surface area contributed by atoms with Gasteiger partial charge in [-0.2, -0.15) is 0 Å². The van der Waals surface area contributed by atoms with E-state index in [0.29, 0.717) is 23.1 Å². The van der Waals surface area contributed by atoms with Gasteiger partial charge in [0.15, 0.2) is 0 Å². The van der Waals surface area contributed by atoms with Crippen LogP contribution in [0.2, 0.25) is 0 Å². The predicted octanol–water partition coefficient (Wildman–Crippen LogP) is 2.21. The predicted molar refractivity (Wildman–Crippen MR) is 103 cm³/mol.